The van der Waals surface area contributed by atoms with Crippen LogP contribution in [0.5, 0.6) is 0 Å². The summed E-state index contributed by atoms with van der Waals surface area (Å²) in [6.45, 7) is 0.462. The summed E-state index contributed by atoms with van der Waals surface area (Å²) in [6.07, 6.45) is 6.83. The molecule has 0 saturated carbocycles. The van der Waals surface area contributed by atoms with Crippen molar-refractivity contribution in [2.24, 2.45) is 0 Å². The smallest absolute Gasteiger partial charge is 0.244 e. The van der Waals surface area contributed by atoms with E-state index in [4.69, 9.17) is 11.6 Å². The van der Waals surface area contributed by atoms with Crippen molar-refractivity contribution in [2.45, 2.75) is 6.54 Å². The van der Waals surface area contributed by atoms with Gasteiger partial charge >= 0.3 is 0 Å². The molecule has 1 N–H and O–H groups in total. The average molecular weight is 338 g/mol. The van der Waals surface area contributed by atoms with Crippen LogP contribution in [0, 0.1) is 0 Å². The molecule has 24 heavy (non-hydrogen) atoms. The van der Waals surface area contributed by atoms with E-state index in [2.05, 4.69) is 10.4 Å². The van der Waals surface area contributed by atoms with Crippen LogP contribution in [-0.2, 0) is 11.3 Å². The molecule has 0 atom stereocenters. The fourth-order valence-corrected chi connectivity index (χ4v) is 2.29. The average Bonchev–Trinajstić information content (AvgIpc) is 3.09. The summed E-state index contributed by atoms with van der Waals surface area (Å²) >= 11 is 5.83. The van der Waals surface area contributed by atoms with Crippen LogP contribution in [0.3, 0.4) is 0 Å². The molecule has 1 amide bonds. The molecule has 1 aromatic heterocycles. The molecule has 5 heteroatoms. The van der Waals surface area contributed by atoms with E-state index in [1.54, 1.807) is 29.1 Å². The molecule has 0 aliphatic rings. The maximum absolute atomic E-state index is 11.9. The molecular formula is C19H16ClN3O. The number of hydrogen-bond acceptors (Lipinski definition) is 2. The van der Waals surface area contributed by atoms with Gasteiger partial charge in [0, 0.05) is 29.4 Å². The van der Waals surface area contributed by atoms with Crippen LogP contribution in [0.1, 0.15) is 11.1 Å². The van der Waals surface area contributed by atoms with E-state index in [1.807, 2.05) is 48.7 Å². The number of rotatable bonds is 5. The van der Waals surface area contributed by atoms with Crippen molar-refractivity contribution in [1.82, 2.24) is 15.1 Å². The molecule has 0 saturated heterocycles. The molecular weight excluding hydrogens is 322 g/mol. The number of nitrogens with one attached hydrogen (secondary N) is 1. The topological polar surface area (TPSA) is 46.9 Å². The van der Waals surface area contributed by atoms with Gasteiger partial charge in [0.05, 0.1) is 11.9 Å². The lowest BCUT2D eigenvalue weighted by Crippen LogP contribution is -2.20. The highest BCUT2D eigenvalue weighted by Gasteiger charge is 2.00. The summed E-state index contributed by atoms with van der Waals surface area (Å²) in [5, 5.41) is 7.80. The summed E-state index contributed by atoms with van der Waals surface area (Å²) in [5.41, 5.74) is 2.84. The second-order valence-corrected chi connectivity index (χ2v) is 5.67. The molecule has 0 bridgehead atoms. The number of hydrogen-bond donors (Lipinski definition) is 1. The molecule has 120 valence electrons. The van der Waals surface area contributed by atoms with E-state index in [0.717, 1.165) is 16.8 Å². The zero-order chi connectivity index (χ0) is 16.8. The molecule has 0 spiro atoms. The van der Waals surface area contributed by atoms with Crippen LogP contribution in [0.25, 0.3) is 11.8 Å². The van der Waals surface area contributed by atoms with Crippen molar-refractivity contribution >= 4 is 23.6 Å². The zero-order valence-corrected chi connectivity index (χ0v) is 13.6. The van der Waals surface area contributed by atoms with Gasteiger partial charge in [-0.3, -0.25) is 4.79 Å². The molecule has 4 nitrogen and oxygen atoms in total. The van der Waals surface area contributed by atoms with Gasteiger partial charge in [-0.1, -0.05) is 41.9 Å². The lowest BCUT2D eigenvalue weighted by Gasteiger charge is -2.02. The highest BCUT2D eigenvalue weighted by molar-refractivity contribution is 6.30. The molecule has 0 radical (unpaired) electrons. The summed E-state index contributed by atoms with van der Waals surface area (Å²) < 4.78 is 1.77. The Balaban J connectivity index is 1.56. The van der Waals surface area contributed by atoms with Crippen molar-refractivity contribution < 1.29 is 4.79 Å². The number of para-hydroxylation sites is 1. The van der Waals surface area contributed by atoms with Gasteiger partial charge in [0.25, 0.3) is 0 Å². The fourth-order valence-electron chi connectivity index (χ4n) is 2.17. The molecule has 1 heterocycles. The zero-order valence-electron chi connectivity index (χ0n) is 12.9. The second kappa shape index (κ2) is 7.62. The van der Waals surface area contributed by atoms with E-state index in [9.17, 15) is 4.79 Å². The van der Waals surface area contributed by atoms with Crippen molar-refractivity contribution in [3.63, 3.8) is 0 Å². The van der Waals surface area contributed by atoms with Crippen LogP contribution in [0.15, 0.2) is 73.1 Å². The first-order valence-corrected chi connectivity index (χ1v) is 7.89. The minimum absolute atomic E-state index is 0.155. The van der Waals surface area contributed by atoms with Gasteiger partial charge in [0.1, 0.15) is 0 Å². The Morgan fingerprint density at radius 2 is 1.88 bits per heavy atom. The van der Waals surface area contributed by atoms with Crippen molar-refractivity contribution in [3.05, 3.63) is 89.2 Å². The highest BCUT2D eigenvalue weighted by atomic mass is 35.5. The van der Waals surface area contributed by atoms with Crippen molar-refractivity contribution in [3.8, 4) is 5.69 Å². The van der Waals surface area contributed by atoms with E-state index in [1.165, 1.54) is 6.08 Å². The van der Waals surface area contributed by atoms with Crippen LogP contribution < -0.4 is 5.32 Å². The predicted octanol–water partition coefficient (Wildman–Crippen LogP) is 3.86. The number of carbonyl (C=O) groups excluding carboxylic acids is 1. The first kappa shape index (κ1) is 16.0. The van der Waals surface area contributed by atoms with Crippen LogP contribution in [0.2, 0.25) is 5.02 Å². The maximum Gasteiger partial charge on any atom is 0.244 e. The number of nitrogens with zero attached hydrogens (tertiary/aromatic N) is 2. The summed E-state index contributed by atoms with van der Waals surface area (Å²) in [7, 11) is 0. The first-order chi connectivity index (χ1) is 11.7. The van der Waals surface area contributed by atoms with Crippen LogP contribution >= 0.6 is 11.6 Å². The van der Waals surface area contributed by atoms with Gasteiger partial charge in [-0.2, -0.15) is 5.10 Å². The Labute approximate surface area is 145 Å². The quantitative estimate of drug-likeness (QED) is 0.719. The summed E-state index contributed by atoms with van der Waals surface area (Å²) in [6, 6.07) is 17.2. The first-order valence-electron chi connectivity index (χ1n) is 7.51. The molecule has 0 fully saturated rings. The maximum atomic E-state index is 11.9. The highest BCUT2D eigenvalue weighted by Crippen LogP contribution is 2.10. The van der Waals surface area contributed by atoms with Gasteiger partial charge in [-0.25, -0.2) is 4.68 Å². The fraction of sp³-hybridized carbons (Fsp3) is 0.0526. The molecule has 3 rings (SSSR count). The van der Waals surface area contributed by atoms with Crippen molar-refractivity contribution in [2.75, 3.05) is 0 Å². The normalized spacial score (nSPS) is 10.9. The third kappa shape index (κ3) is 4.33. The van der Waals surface area contributed by atoms with E-state index in [-0.39, 0.29) is 5.91 Å². The lowest BCUT2D eigenvalue weighted by molar-refractivity contribution is -0.116. The van der Waals surface area contributed by atoms with Crippen molar-refractivity contribution in [1.29, 1.82) is 0 Å². The second-order valence-electron chi connectivity index (χ2n) is 5.23. The largest absolute Gasteiger partial charge is 0.348 e. The molecule has 3 aromatic rings. The number of carbonyl (C=O) groups is 1. The Bertz CT molecular complexity index is 839. The predicted molar refractivity (Wildman–Crippen MR) is 95.9 cm³/mol. The Hall–Kier alpha value is -2.85. The van der Waals surface area contributed by atoms with Crippen LogP contribution in [0.4, 0.5) is 0 Å². The molecule has 0 aliphatic heterocycles. The van der Waals surface area contributed by atoms with Gasteiger partial charge in [-0.05, 0) is 35.9 Å². The molecule has 0 unspecified atom stereocenters. The standard InChI is InChI=1S/C19H16ClN3O/c20-17-9-6-15(7-10-17)12-21-19(24)11-8-16-13-22-23(14-16)18-4-2-1-3-5-18/h1-11,13-14H,12H2,(H,21,24). The number of benzene rings is 2. The van der Waals surface area contributed by atoms with Gasteiger partial charge in [-0.15, -0.1) is 0 Å². The minimum Gasteiger partial charge on any atom is -0.348 e. The number of aromatic nitrogens is 2. The summed E-state index contributed by atoms with van der Waals surface area (Å²) in [5.74, 6) is -0.155. The van der Waals surface area contributed by atoms with E-state index >= 15 is 0 Å². The van der Waals surface area contributed by atoms with Gasteiger partial charge in [0.15, 0.2) is 0 Å². The van der Waals surface area contributed by atoms with Gasteiger partial charge in [0.2, 0.25) is 5.91 Å². The number of halogens is 1. The Kier molecular flexibility index (Phi) is 5.08. The monoisotopic (exact) mass is 337 g/mol. The lowest BCUT2D eigenvalue weighted by atomic mass is 10.2. The third-order valence-corrected chi connectivity index (χ3v) is 3.68. The Morgan fingerprint density at radius 1 is 1.12 bits per heavy atom. The van der Waals surface area contributed by atoms with Gasteiger partial charge < -0.3 is 5.32 Å². The molecule has 2 aromatic carbocycles. The van der Waals surface area contributed by atoms with E-state index in [0.29, 0.717) is 11.6 Å². The van der Waals surface area contributed by atoms with Crippen LogP contribution in [-0.4, -0.2) is 15.7 Å². The minimum atomic E-state index is -0.155. The SMILES string of the molecule is O=C(C=Cc1cnn(-c2ccccc2)c1)NCc1ccc(Cl)cc1. The summed E-state index contributed by atoms with van der Waals surface area (Å²) in [4.78, 5) is 11.9. The molecule has 0 aliphatic carbocycles. The number of amides is 1. The van der Waals surface area contributed by atoms with E-state index < -0.39 is 0 Å². The Morgan fingerprint density at radius 3 is 2.62 bits per heavy atom. The third-order valence-electron chi connectivity index (χ3n) is 3.43.